The highest BCUT2D eigenvalue weighted by Crippen LogP contribution is 2.29. The van der Waals surface area contributed by atoms with Crippen molar-refractivity contribution in [3.8, 4) is 5.75 Å². The number of halogens is 1. The van der Waals surface area contributed by atoms with Gasteiger partial charge in [0.1, 0.15) is 0 Å². The molecule has 0 bridgehead atoms. The van der Waals surface area contributed by atoms with Crippen molar-refractivity contribution in [2.24, 2.45) is 5.92 Å². The predicted octanol–water partition coefficient (Wildman–Crippen LogP) is 4.08. The summed E-state index contributed by atoms with van der Waals surface area (Å²) in [5.41, 5.74) is 0. The van der Waals surface area contributed by atoms with Gasteiger partial charge in [0.15, 0.2) is 11.6 Å². The first kappa shape index (κ1) is 14.4. The first-order chi connectivity index (χ1) is 9.29. The van der Waals surface area contributed by atoms with Crippen LogP contribution in [0.15, 0.2) is 18.3 Å². The average molecular weight is 283 g/mol. The van der Waals surface area contributed by atoms with Crippen molar-refractivity contribution >= 4 is 17.4 Å². The number of ether oxygens (including phenoxy) is 1. The van der Waals surface area contributed by atoms with Gasteiger partial charge in [-0.2, -0.15) is 0 Å². The molecule has 0 aromatic carbocycles. The third-order valence-electron chi connectivity index (χ3n) is 3.51. The van der Waals surface area contributed by atoms with Gasteiger partial charge in [0.25, 0.3) is 0 Å². The minimum absolute atomic E-state index is 0.347. The van der Waals surface area contributed by atoms with Crippen molar-refractivity contribution in [1.29, 1.82) is 0 Å². The number of alkyl halides is 1. The summed E-state index contributed by atoms with van der Waals surface area (Å²) >= 11 is 6.22. The van der Waals surface area contributed by atoms with Crippen LogP contribution in [0.4, 0.5) is 5.82 Å². The number of hydrogen-bond acceptors (Lipinski definition) is 3. The number of nitrogens with zero attached hydrogens (tertiary/aromatic N) is 1. The van der Waals surface area contributed by atoms with E-state index in [-0.39, 0.29) is 0 Å². The Morgan fingerprint density at radius 3 is 3.16 bits per heavy atom. The molecule has 0 amide bonds. The van der Waals surface area contributed by atoms with Gasteiger partial charge >= 0.3 is 0 Å². The maximum atomic E-state index is 6.22. The molecule has 2 unspecified atom stereocenters. The van der Waals surface area contributed by atoms with Crippen LogP contribution in [0.5, 0.6) is 5.75 Å². The van der Waals surface area contributed by atoms with Gasteiger partial charge in [-0.25, -0.2) is 4.98 Å². The van der Waals surface area contributed by atoms with E-state index in [4.69, 9.17) is 16.3 Å². The van der Waals surface area contributed by atoms with E-state index in [2.05, 4.69) is 17.2 Å². The van der Waals surface area contributed by atoms with Gasteiger partial charge in [-0.3, -0.25) is 0 Å². The van der Waals surface area contributed by atoms with Crippen molar-refractivity contribution in [2.75, 3.05) is 18.5 Å². The molecule has 1 aromatic heterocycles. The summed E-state index contributed by atoms with van der Waals surface area (Å²) in [6.45, 7) is 3.77. The molecule has 0 saturated heterocycles. The molecule has 0 spiro atoms. The van der Waals surface area contributed by atoms with Crippen LogP contribution in [-0.4, -0.2) is 23.5 Å². The molecule has 1 aliphatic carbocycles. The highest BCUT2D eigenvalue weighted by atomic mass is 35.5. The lowest BCUT2D eigenvalue weighted by atomic mass is 9.89. The summed E-state index contributed by atoms with van der Waals surface area (Å²) in [5, 5.41) is 3.76. The lowest BCUT2D eigenvalue weighted by Gasteiger charge is -2.26. The fourth-order valence-corrected chi connectivity index (χ4v) is 2.91. The van der Waals surface area contributed by atoms with E-state index in [1.54, 1.807) is 6.20 Å². The number of hydrogen-bond donors (Lipinski definition) is 1. The lowest BCUT2D eigenvalue weighted by molar-refractivity contribution is 0.317. The van der Waals surface area contributed by atoms with Gasteiger partial charge in [-0.05, 0) is 43.7 Å². The fourth-order valence-electron chi connectivity index (χ4n) is 2.50. The van der Waals surface area contributed by atoms with Crippen LogP contribution in [0, 0.1) is 5.92 Å². The number of anilines is 1. The van der Waals surface area contributed by atoms with E-state index in [0.29, 0.717) is 11.3 Å². The zero-order valence-electron chi connectivity index (χ0n) is 11.6. The Morgan fingerprint density at radius 1 is 1.47 bits per heavy atom. The number of pyridine rings is 1. The van der Waals surface area contributed by atoms with Gasteiger partial charge in [-0.15, -0.1) is 11.6 Å². The second-order valence-corrected chi connectivity index (χ2v) is 5.83. The molecule has 3 nitrogen and oxygen atoms in total. The third-order valence-corrected chi connectivity index (χ3v) is 3.91. The van der Waals surface area contributed by atoms with E-state index in [1.807, 2.05) is 12.1 Å². The molecule has 1 fully saturated rings. The van der Waals surface area contributed by atoms with Crippen molar-refractivity contribution in [3.05, 3.63) is 18.3 Å². The van der Waals surface area contributed by atoms with Crippen LogP contribution < -0.4 is 10.1 Å². The highest BCUT2D eigenvalue weighted by molar-refractivity contribution is 6.20. The van der Waals surface area contributed by atoms with Crippen LogP contribution in [0.3, 0.4) is 0 Å². The van der Waals surface area contributed by atoms with E-state index in [0.717, 1.165) is 44.0 Å². The van der Waals surface area contributed by atoms with Crippen LogP contribution in [0.2, 0.25) is 0 Å². The van der Waals surface area contributed by atoms with E-state index >= 15 is 0 Å². The molecule has 2 rings (SSSR count). The Labute approximate surface area is 120 Å². The van der Waals surface area contributed by atoms with Crippen LogP contribution in [0.25, 0.3) is 0 Å². The van der Waals surface area contributed by atoms with Gasteiger partial charge < -0.3 is 10.1 Å². The van der Waals surface area contributed by atoms with E-state index in [9.17, 15) is 0 Å². The SMILES string of the molecule is CCCOc1cccnc1NCC1CCCC(Cl)C1. The molecule has 2 atom stereocenters. The molecule has 1 aliphatic rings. The summed E-state index contributed by atoms with van der Waals surface area (Å²) in [4.78, 5) is 4.37. The molecule has 1 saturated carbocycles. The zero-order valence-corrected chi connectivity index (χ0v) is 12.3. The Morgan fingerprint density at radius 2 is 2.37 bits per heavy atom. The Balaban J connectivity index is 1.87. The summed E-state index contributed by atoms with van der Waals surface area (Å²) in [7, 11) is 0. The fraction of sp³-hybridized carbons (Fsp3) is 0.667. The summed E-state index contributed by atoms with van der Waals surface area (Å²) < 4.78 is 5.70. The monoisotopic (exact) mass is 282 g/mol. The van der Waals surface area contributed by atoms with Crippen LogP contribution in [-0.2, 0) is 0 Å². The third kappa shape index (κ3) is 4.57. The van der Waals surface area contributed by atoms with Crippen molar-refractivity contribution in [2.45, 2.75) is 44.4 Å². The minimum atomic E-state index is 0.347. The molecule has 0 aliphatic heterocycles. The molecule has 4 heteroatoms. The summed E-state index contributed by atoms with van der Waals surface area (Å²) in [6, 6.07) is 3.88. The quantitative estimate of drug-likeness (QED) is 0.798. The van der Waals surface area contributed by atoms with Gasteiger partial charge in [0, 0.05) is 18.1 Å². The Bertz CT molecular complexity index is 386. The molecule has 0 radical (unpaired) electrons. The van der Waals surface area contributed by atoms with Crippen LogP contribution >= 0.6 is 11.6 Å². The standard InChI is InChI=1S/C15H23ClN2O/c1-2-9-19-14-7-4-8-17-15(14)18-11-12-5-3-6-13(16)10-12/h4,7-8,12-13H,2-3,5-6,9-11H2,1H3,(H,17,18). The van der Waals surface area contributed by atoms with E-state index < -0.39 is 0 Å². The van der Waals surface area contributed by atoms with Gasteiger partial charge in [-0.1, -0.05) is 13.3 Å². The molecule has 19 heavy (non-hydrogen) atoms. The summed E-state index contributed by atoms with van der Waals surface area (Å²) in [5.74, 6) is 2.35. The van der Waals surface area contributed by atoms with Crippen LogP contribution in [0.1, 0.15) is 39.0 Å². The predicted molar refractivity (Wildman–Crippen MR) is 80.1 cm³/mol. The second-order valence-electron chi connectivity index (χ2n) is 5.21. The van der Waals surface area contributed by atoms with Gasteiger partial charge in [0.05, 0.1) is 6.61 Å². The van der Waals surface area contributed by atoms with Crippen molar-refractivity contribution in [3.63, 3.8) is 0 Å². The zero-order chi connectivity index (χ0) is 13.5. The van der Waals surface area contributed by atoms with Gasteiger partial charge in [0.2, 0.25) is 0 Å². The minimum Gasteiger partial charge on any atom is -0.490 e. The smallest absolute Gasteiger partial charge is 0.168 e. The number of rotatable bonds is 6. The molecule has 1 aromatic rings. The molecular formula is C15H23ClN2O. The van der Waals surface area contributed by atoms with Crippen molar-refractivity contribution < 1.29 is 4.74 Å². The lowest BCUT2D eigenvalue weighted by Crippen LogP contribution is -2.23. The maximum absolute atomic E-state index is 6.22. The molecular weight excluding hydrogens is 260 g/mol. The largest absolute Gasteiger partial charge is 0.490 e. The average Bonchev–Trinajstić information content (AvgIpc) is 2.44. The highest BCUT2D eigenvalue weighted by Gasteiger charge is 2.20. The Kier molecular flexibility index (Phi) is 5.77. The summed E-state index contributed by atoms with van der Waals surface area (Å²) in [6.07, 6.45) is 7.56. The second kappa shape index (κ2) is 7.59. The topological polar surface area (TPSA) is 34.1 Å². The molecule has 1 heterocycles. The first-order valence-electron chi connectivity index (χ1n) is 7.25. The molecule has 106 valence electrons. The maximum Gasteiger partial charge on any atom is 0.168 e. The van der Waals surface area contributed by atoms with E-state index in [1.165, 1.54) is 12.8 Å². The Hall–Kier alpha value is -0.960. The number of aromatic nitrogens is 1. The first-order valence-corrected chi connectivity index (χ1v) is 7.69. The van der Waals surface area contributed by atoms with Crippen molar-refractivity contribution in [1.82, 2.24) is 4.98 Å². The normalized spacial score (nSPS) is 23.1. The number of nitrogens with one attached hydrogen (secondary N) is 1. The molecule has 1 N–H and O–H groups in total.